The molecule has 1 aliphatic rings. The van der Waals surface area contributed by atoms with Crippen LogP contribution in [0.15, 0.2) is 29.6 Å². The molecule has 1 fully saturated rings. The van der Waals surface area contributed by atoms with Crippen molar-refractivity contribution < 1.29 is 14.3 Å². The van der Waals surface area contributed by atoms with E-state index in [2.05, 4.69) is 5.32 Å². The number of amides is 1. The summed E-state index contributed by atoms with van der Waals surface area (Å²) in [5, 5.41) is 14.1. The van der Waals surface area contributed by atoms with Crippen LogP contribution in [-0.4, -0.2) is 18.5 Å². The van der Waals surface area contributed by atoms with E-state index < -0.39 is 5.97 Å². The lowest BCUT2D eigenvalue weighted by atomic mass is 10.1. The van der Waals surface area contributed by atoms with Crippen molar-refractivity contribution in [2.75, 3.05) is 11.9 Å². The lowest BCUT2D eigenvalue weighted by molar-refractivity contribution is 0.0527. The van der Waals surface area contributed by atoms with Gasteiger partial charge in [0.25, 0.3) is 5.91 Å². The van der Waals surface area contributed by atoms with Crippen LogP contribution < -0.4 is 5.32 Å². The SMILES string of the molecule is CCOC(=O)c1c(C2CC2)csc1NC(=O)c1ccc(C#N)cc1. The van der Waals surface area contributed by atoms with E-state index in [1.54, 1.807) is 31.2 Å². The number of nitrogens with zero attached hydrogens (tertiary/aromatic N) is 1. The normalized spacial score (nSPS) is 13.2. The van der Waals surface area contributed by atoms with Gasteiger partial charge < -0.3 is 10.1 Å². The number of esters is 1. The monoisotopic (exact) mass is 340 g/mol. The zero-order valence-electron chi connectivity index (χ0n) is 13.2. The van der Waals surface area contributed by atoms with E-state index in [0.717, 1.165) is 18.4 Å². The predicted octanol–water partition coefficient (Wildman–Crippen LogP) is 3.93. The van der Waals surface area contributed by atoms with Crippen molar-refractivity contribution in [2.45, 2.75) is 25.7 Å². The largest absolute Gasteiger partial charge is 0.462 e. The van der Waals surface area contributed by atoms with Crippen molar-refractivity contribution in [3.63, 3.8) is 0 Å². The van der Waals surface area contributed by atoms with Crippen LogP contribution in [0.25, 0.3) is 0 Å². The van der Waals surface area contributed by atoms with Crippen LogP contribution >= 0.6 is 11.3 Å². The van der Waals surface area contributed by atoms with Crippen LogP contribution in [0, 0.1) is 11.3 Å². The van der Waals surface area contributed by atoms with Crippen LogP contribution in [0.4, 0.5) is 5.00 Å². The Morgan fingerprint density at radius 2 is 2.04 bits per heavy atom. The smallest absolute Gasteiger partial charge is 0.341 e. The predicted molar refractivity (Wildman–Crippen MR) is 91.4 cm³/mol. The first kappa shape index (κ1) is 16.2. The van der Waals surface area contributed by atoms with E-state index >= 15 is 0 Å². The van der Waals surface area contributed by atoms with Gasteiger partial charge in [0, 0.05) is 5.56 Å². The number of thiophene rings is 1. The molecule has 1 aromatic carbocycles. The number of hydrogen-bond acceptors (Lipinski definition) is 5. The minimum atomic E-state index is -0.393. The third-order valence-corrected chi connectivity index (χ3v) is 4.73. The van der Waals surface area contributed by atoms with E-state index in [-0.39, 0.29) is 5.91 Å². The second kappa shape index (κ2) is 6.85. The molecule has 0 spiro atoms. The molecule has 1 saturated carbocycles. The van der Waals surface area contributed by atoms with Crippen molar-refractivity contribution in [1.82, 2.24) is 0 Å². The molecule has 0 unspecified atom stereocenters. The fraction of sp³-hybridized carbons (Fsp3) is 0.278. The summed E-state index contributed by atoms with van der Waals surface area (Å²) in [6.45, 7) is 2.05. The Kier molecular flexibility index (Phi) is 4.63. The van der Waals surface area contributed by atoms with E-state index in [4.69, 9.17) is 10.00 Å². The Bertz CT molecular complexity index is 814. The number of hydrogen-bond donors (Lipinski definition) is 1. The minimum Gasteiger partial charge on any atom is -0.462 e. The number of nitrogens with one attached hydrogen (secondary N) is 1. The third kappa shape index (κ3) is 3.31. The molecule has 24 heavy (non-hydrogen) atoms. The first-order valence-corrected chi connectivity index (χ1v) is 8.62. The molecule has 5 nitrogen and oxygen atoms in total. The summed E-state index contributed by atoms with van der Waals surface area (Å²) in [6, 6.07) is 8.37. The lowest BCUT2D eigenvalue weighted by Crippen LogP contribution is -2.15. The lowest BCUT2D eigenvalue weighted by Gasteiger charge is -2.08. The van der Waals surface area contributed by atoms with Crippen molar-refractivity contribution in [1.29, 1.82) is 5.26 Å². The standard InChI is InChI=1S/C18H16N2O3S/c1-2-23-18(22)15-14(12-7-8-12)10-24-17(15)20-16(21)13-5-3-11(9-19)4-6-13/h3-6,10,12H,2,7-8H2,1H3,(H,20,21). The van der Waals surface area contributed by atoms with Gasteiger partial charge >= 0.3 is 5.97 Å². The average Bonchev–Trinajstić information content (AvgIpc) is 3.36. The molecule has 0 bridgehead atoms. The molecule has 0 atom stereocenters. The van der Waals surface area contributed by atoms with E-state index in [9.17, 15) is 9.59 Å². The van der Waals surface area contributed by atoms with Crippen molar-refractivity contribution in [3.05, 3.63) is 51.9 Å². The number of ether oxygens (including phenoxy) is 1. The van der Waals surface area contributed by atoms with Gasteiger partial charge in [-0.1, -0.05) is 0 Å². The highest BCUT2D eigenvalue weighted by Crippen LogP contribution is 2.46. The van der Waals surface area contributed by atoms with Crippen molar-refractivity contribution >= 4 is 28.2 Å². The molecule has 1 N–H and O–H groups in total. The van der Waals surface area contributed by atoms with E-state index in [1.165, 1.54) is 11.3 Å². The van der Waals surface area contributed by atoms with Crippen LogP contribution in [-0.2, 0) is 4.74 Å². The maximum absolute atomic E-state index is 12.4. The fourth-order valence-electron chi connectivity index (χ4n) is 2.44. The molecule has 0 aliphatic heterocycles. The first-order chi connectivity index (χ1) is 11.6. The van der Waals surface area contributed by atoms with Gasteiger partial charge in [-0.25, -0.2) is 4.79 Å². The fourth-order valence-corrected chi connectivity index (χ4v) is 3.47. The Morgan fingerprint density at radius 3 is 2.62 bits per heavy atom. The van der Waals surface area contributed by atoms with Crippen LogP contribution in [0.3, 0.4) is 0 Å². The second-order valence-corrected chi connectivity index (χ2v) is 6.41. The van der Waals surface area contributed by atoms with Gasteiger partial charge in [0.1, 0.15) is 5.00 Å². The Morgan fingerprint density at radius 1 is 1.33 bits per heavy atom. The van der Waals surface area contributed by atoms with Crippen LogP contribution in [0.5, 0.6) is 0 Å². The average molecular weight is 340 g/mol. The molecule has 2 aromatic rings. The number of nitriles is 1. The maximum atomic E-state index is 12.4. The van der Waals surface area contributed by atoms with Gasteiger partial charge in [0.15, 0.2) is 0 Å². The number of rotatable bonds is 5. The van der Waals surface area contributed by atoms with Crippen molar-refractivity contribution in [2.24, 2.45) is 0 Å². The molecule has 6 heteroatoms. The van der Waals surface area contributed by atoms with Crippen LogP contribution in [0.1, 0.15) is 57.5 Å². The topological polar surface area (TPSA) is 79.2 Å². The molecular weight excluding hydrogens is 324 g/mol. The van der Waals surface area contributed by atoms with Gasteiger partial charge in [-0.05, 0) is 60.9 Å². The quantitative estimate of drug-likeness (QED) is 0.837. The summed E-state index contributed by atoms with van der Waals surface area (Å²) in [5.41, 5.74) is 2.37. The number of carbonyl (C=O) groups is 2. The van der Waals surface area contributed by atoms with Gasteiger partial charge in [-0.2, -0.15) is 5.26 Å². The third-order valence-electron chi connectivity index (χ3n) is 3.82. The molecule has 0 radical (unpaired) electrons. The summed E-state index contributed by atoms with van der Waals surface area (Å²) in [5.74, 6) is -0.314. The maximum Gasteiger partial charge on any atom is 0.341 e. The summed E-state index contributed by atoms with van der Waals surface area (Å²) < 4.78 is 5.14. The summed E-state index contributed by atoms with van der Waals surface area (Å²) in [7, 11) is 0. The highest BCUT2D eigenvalue weighted by molar-refractivity contribution is 7.15. The molecule has 1 amide bonds. The number of benzene rings is 1. The Hall–Kier alpha value is -2.65. The Balaban J connectivity index is 1.84. The summed E-state index contributed by atoms with van der Waals surface area (Å²) >= 11 is 1.34. The molecule has 1 heterocycles. The zero-order valence-corrected chi connectivity index (χ0v) is 14.0. The number of anilines is 1. The van der Waals surface area contributed by atoms with Gasteiger partial charge in [-0.15, -0.1) is 11.3 Å². The van der Waals surface area contributed by atoms with Gasteiger partial charge in [0.05, 0.1) is 23.8 Å². The second-order valence-electron chi connectivity index (χ2n) is 5.53. The van der Waals surface area contributed by atoms with Gasteiger partial charge in [0.2, 0.25) is 0 Å². The molecule has 1 aromatic heterocycles. The summed E-state index contributed by atoms with van der Waals surface area (Å²) in [6.07, 6.45) is 2.12. The minimum absolute atomic E-state index is 0.293. The molecule has 0 saturated heterocycles. The molecular formula is C18H16N2O3S. The molecule has 122 valence electrons. The first-order valence-electron chi connectivity index (χ1n) is 7.74. The van der Waals surface area contributed by atoms with Gasteiger partial charge in [-0.3, -0.25) is 4.79 Å². The zero-order chi connectivity index (χ0) is 17.1. The number of carbonyl (C=O) groups excluding carboxylic acids is 2. The van der Waals surface area contributed by atoms with Crippen molar-refractivity contribution in [3.8, 4) is 6.07 Å². The van der Waals surface area contributed by atoms with E-state index in [1.807, 2.05) is 11.4 Å². The molecule has 3 rings (SSSR count). The van der Waals surface area contributed by atoms with E-state index in [0.29, 0.717) is 34.2 Å². The highest BCUT2D eigenvalue weighted by Gasteiger charge is 2.32. The van der Waals surface area contributed by atoms with Crippen LogP contribution in [0.2, 0.25) is 0 Å². The molecule has 1 aliphatic carbocycles. The highest BCUT2D eigenvalue weighted by atomic mass is 32.1. The summed E-state index contributed by atoms with van der Waals surface area (Å²) in [4.78, 5) is 24.7. The Labute approximate surface area is 143 Å².